The Kier molecular flexibility index (Phi) is 7.77. The van der Waals surface area contributed by atoms with Crippen LogP contribution in [-0.4, -0.2) is 43.7 Å². The average Bonchev–Trinajstić information content (AvgIpc) is 2.44. The molecule has 19 heavy (non-hydrogen) atoms. The highest BCUT2D eigenvalue weighted by molar-refractivity contribution is 5.81. The van der Waals surface area contributed by atoms with Gasteiger partial charge in [0.15, 0.2) is 0 Å². The van der Waals surface area contributed by atoms with Crippen LogP contribution in [0.2, 0.25) is 0 Å². The monoisotopic (exact) mass is 265 g/mol. The molecular weight excluding hydrogens is 242 g/mol. The van der Waals surface area contributed by atoms with Crippen LogP contribution in [0.3, 0.4) is 0 Å². The van der Waals surface area contributed by atoms with Crippen molar-refractivity contribution < 1.29 is 9.53 Å². The highest BCUT2D eigenvalue weighted by atomic mass is 16.5. The van der Waals surface area contributed by atoms with E-state index in [2.05, 4.69) is 15.6 Å². The summed E-state index contributed by atoms with van der Waals surface area (Å²) in [5, 5.41) is 6.07. The van der Waals surface area contributed by atoms with Gasteiger partial charge in [0.1, 0.15) is 0 Å². The average molecular weight is 265 g/mol. The van der Waals surface area contributed by atoms with Gasteiger partial charge in [0.05, 0.1) is 6.04 Å². The van der Waals surface area contributed by atoms with Gasteiger partial charge in [-0.15, -0.1) is 0 Å². The summed E-state index contributed by atoms with van der Waals surface area (Å²) in [6.45, 7) is 3.96. The third kappa shape index (κ3) is 6.88. The minimum absolute atomic E-state index is 0.0299. The van der Waals surface area contributed by atoms with Crippen molar-refractivity contribution in [2.24, 2.45) is 0 Å². The predicted octanol–water partition coefficient (Wildman–Crippen LogP) is 0.755. The Hall–Kier alpha value is -1.46. The van der Waals surface area contributed by atoms with E-state index in [0.717, 1.165) is 19.4 Å². The molecule has 1 rings (SSSR count). The Balaban J connectivity index is 2.12. The fraction of sp³-hybridized carbons (Fsp3) is 0.571. The van der Waals surface area contributed by atoms with Crippen molar-refractivity contribution in [2.75, 3.05) is 26.8 Å². The van der Waals surface area contributed by atoms with E-state index in [4.69, 9.17) is 4.74 Å². The number of nitrogens with one attached hydrogen (secondary N) is 2. The second-order valence-electron chi connectivity index (χ2n) is 4.42. The van der Waals surface area contributed by atoms with Crippen molar-refractivity contribution in [3.05, 3.63) is 30.1 Å². The van der Waals surface area contributed by atoms with Crippen LogP contribution in [0.15, 0.2) is 24.5 Å². The molecule has 1 heterocycles. The molecule has 0 saturated heterocycles. The molecule has 1 amide bonds. The lowest BCUT2D eigenvalue weighted by Crippen LogP contribution is -2.43. The first-order valence-corrected chi connectivity index (χ1v) is 6.63. The van der Waals surface area contributed by atoms with Gasteiger partial charge < -0.3 is 15.4 Å². The maximum atomic E-state index is 11.7. The Morgan fingerprint density at radius 3 is 3.00 bits per heavy atom. The van der Waals surface area contributed by atoms with Crippen molar-refractivity contribution in [2.45, 2.75) is 25.8 Å². The second kappa shape index (κ2) is 9.47. The molecule has 5 heteroatoms. The molecule has 1 atom stereocenters. The molecule has 1 aromatic rings. The molecule has 2 N–H and O–H groups in total. The summed E-state index contributed by atoms with van der Waals surface area (Å²) >= 11 is 0. The lowest BCUT2D eigenvalue weighted by Gasteiger charge is -2.13. The Bertz CT molecular complexity index is 357. The van der Waals surface area contributed by atoms with E-state index in [-0.39, 0.29) is 11.9 Å². The number of pyridine rings is 1. The zero-order chi connectivity index (χ0) is 13.9. The Morgan fingerprint density at radius 1 is 1.47 bits per heavy atom. The highest BCUT2D eigenvalue weighted by Gasteiger charge is 2.10. The largest absolute Gasteiger partial charge is 0.385 e. The molecular formula is C14H23N3O2. The lowest BCUT2D eigenvalue weighted by atomic mass is 10.2. The van der Waals surface area contributed by atoms with E-state index >= 15 is 0 Å². The van der Waals surface area contributed by atoms with Gasteiger partial charge in [0.25, 0.3) is 0 Å². The van der Waals surface area contributed by atoms with E-state index in [1.165, 1.54) is 5.56 Å². The summed E-state index contributed by atoms with van der Waals surface area (Å²) < 4.78 is 4.93. The third-order valence-corrected chi connectivity index (χ3v) is 2.80. The van der Waals surface area contributed by atoms with Gasteiger partial charge >= 0.3 is 0 Å². The quantitative estimate of drug-likeness (QED) is 0.647. The molecule has 0 fully saturated rings. The Labute approximate surface area is 114 Å². The first-order chi connectivity index (χ1) is 9.24. The van der Waals surface area contributed by atoms with Crippen LogP contribution in [-0.2, 0) is 16.0 Å². The summed E-state index contributed by atoms with van der Waals surface area (Å²) in [5.74, 6) is 0.0299. The number of hydrogen-bond acceptors (Lipinski definition) is 4. The number of rotatable bonds is 9. The maximum Gasteiger partial charge on any atom is 0.236 e. The van der Waals surface area contributed by atoms with Crippen LogP contribution >= 0.6 is 0 Å². The zero-order valence-electron chi connectivity index (χ0n) is 11.7. The van der Waals surface area contributed by atoms with Crippen LogP contribution in [0, 0.1) is 0 Å². The summed E-state index contributed by atoms with van der Waals surface area (Å²) in [5.41, 5.74) is 1.17. The van der Waals surface area contributed by atoms with Gasteiger partial charge in [-0.05, 0) is 37.9 Å². The number of hydrogen-bond donors (Lipinski definition) is 2. The second-order valence-corrected chi connectivity index (χ2v) is 4.42. The maximum absolute atomic E-state index is 11.7. The van der Waals surface area contributed by atoms with Gasteiger partial charge in [-0.3, -0.25) is 9.78 Å². The molecule has 5 nitrogen and oxygen atoms in total. The third-order valence-electron chi connectivity index (χ3n) is 2.80. The number of ether oxygens (including phenoxy) is 1. The van der Waals surface area contributed by atoms with E-state index < -0.39 is 0 Å². The summed E-state index contributed by atoms with van der Waals surface area (Å²) in [4.78, 5) is 15.8. The molecule has 1 unspecified atom stereocenters. The molecule has 1 aromatic heterocycles. The number of carbonyl (C=O) groups excluding carboxylic acids is 1. The van der Waals surface area contributed by atoms with Crippen molar-refractivity contribution >= 4 is 5.91 Å². The zero-order valence-corrected chi connectivity index (χ0v) is 11.7. The summed E-state index contributed by atoms with van der Waals surface area (Å²) in [7, 11) is 1.66. The molecule has 0 aromatic carbocycles. The molecule has 0 spiro atoms. The standard InChI is InChI=1S/C14H23N3O2/c1-12(14(18)17-8-4-10-19-2)16-9-6-13-5-3-7-15-11-13/h3,5,7,11-12,16H,4,6,8-10H2,1-2H3,(H,17,18). The van der Waals surface area contributed by atoms with E-state index in [0.29, 0.717) is 13.2 Å². The van der Waals surface area contributed by atoms with E-state index in [9.17, 15) is 4.79 Å². The molecule has 106 valence electrons. The fourth-order valence-corrected chi connectivity index (χ4v) is 1.65. The van der Waals surface area contributed by atoms with E-state index in [1.54, 1.807) is 13.3 Å². The number of carbonyl (C=O) groups is 1. The fourth-order valence-electron chi connectivity index (χ4n) is 1.65. The molecule has 0 radical (unpaired) electrons. The van der Waals surface area contributed by atoms with Gasteiger partial charge in [0.2, 0.25) is 5.91 Å². The highest BCUT2D eigenvalue weighted by Crippen LogP contribution is 1.96. The van der Waals surface area contributed by atoms with Crippen LogP contribution in [0.4, 0.5) is 0 Å². The molecule has 0 aliphatic rings. The number of methoxy groups -OCH3 is 1. The topological polar surface area (TPSA) is 63.2 Å². The predicted molar refractivity (Wildman–Crippen MR) is 74.9 cm³/mol. The molecule has 0 aliphatic heterocycles. The van der Waals surface area contributed by atoms with E-state index in [1.807, 2.05) is 25.3 Å². The van der Waals surface area contributed by atoms with Crippen molar-refractivity contribution in [3.8, 4) is 0 Å². The first kappa shape index (κ1) is 15.6. The molecule has 0 bridgehead atoms. The number of amides is 1. The van der Waals surface area contributed by atoms with Crippen LogP contribution in [0.1, 0.15) is 18.9 Å². The van der Waals surface area contributed by atoms with Crippen LogP contribution in [0.5, 0.6) is 0 Å². The minimum Gasteiger partial charge on any atom is -0.385 e. The summed E-state index contributed by atoms with van der Waals surface area (Å²) in [6, 6.07) is 3.77. The van der Waals surface area contributed by atoms with Crippen LogP contribution < -0.4 is 10.6 Å². The lowest BCUT2D eigenvalue weighted by molar-refractivity contribution is -0.122. The number of aromatic nitrogens is 1. The van der Waals surface area contributed by atoms with Crippen LogP contribution in [0.25, 0.3) is 0 Å². The van der Waals surface area contributed by atoms with Crippen molar-refractivity contribution in [1.82, 2.24) is 15.6 Å². The molecule has 0 aliphatic carbocycles. The summed E-state index contributed by atoms with van der Waals surface area (Å²) in [6.07, 6.45) is 5.31. The SMILES string of the molecule is COCCCNC(=O)C(C)NCCc1cccnc1. The van der Waals surface area contributed by atoms with Gasteiger partial charge in [-0.25, -0.2) is 0 Å². The Morgan fingerprint density at radius 2 is 2.32 bits per heavy atom. The molecule has 0 saturated carbocycles. The van der Waals surface area contributed by atoms with Crippen molar-refractivity contribution in [3.63, 3.8) is 0 Å². The van der Waals surface area contributed by atoms with Gasteiger partial charge in [0, 0.05) is 32.7 Å². The number of nitrogens with zero attached hydrogens (tertiary/aromatic N) is 1. The van der Waals surface area contributed by atoms with Crippen molar-refractivity contribution in [1.29, 1.82) is 0 Å². The smallest absolute Gasteiger partial charge is 0.236 e. The minimum atomic E-state index is -0.181. The van der Waals surface area contributed by atoms with Gasteiger partial charge in [-0.2, -0.15) is 0 Å². The van der Waals surface area contributed by atoms with Gasteiger partial charge in [-0.1, -0.05) is 6.07 Å². The normalized spacial score (nSPS) is 12.1. The first-order valence-electron chi connectivity index (χ1n) is 6.63.